The van der Waals surface area contributed by atoms with Crippen LogP contribution in [0.2, 0.25) is 0 Å². The highest BCUT2D eigenvalue weighted by Crippen LogP contribution is 2.29. The zero-order valence-electron chi connectivity index (χ0n) is 12.6. The van der Waals surface area contributed by atoms with Gasteiger partial charge in [0.2, 0.25) is 0 Å². The smallest absolute Gasteiger partial charge is 0.272 e. The van der Waals surface area contributed by atoms with Crippen LogP contribution < -0.4 is 10.1 Å². The predicted octanol–water partition coefficient (Wildman–Crippen LogP) is 2.15. The van der Waals surface area contributed by atoms with Crippen LogP contribution in [0.1, 0.15) is 46.2 Å². The largest absolute Gasteiger partial charge is 0.490 e. The van der Waals surface area contributed by atoms with E-state index in [-0.39, 0.29) is 12.0 Å². The highest BCUT2D eigenvalue weighted by molar-refractivity contribution is 5.94. The average Bonchev–Trinajstić information content (AvgIpc) is 3.17. The number of carbonyl (C=O) groups excluding carboxylic acids is 1. The summed E-state index contributed by atoms with van der Waals surface area (Å²) in [5.74, 6) is 0.872. The van der Waals surface area contributed by atoms with Gasteiger partial charge in [-0.25, -0.2) is 0 Å². The van der Waals surface area contributed by atoms with Gasteiger partial charge in [0.25, 0.3) is 5.91 Å². The third-order valence-corrected chi connectivity index (χ3v) is 4.43. The topological polar surface area (TPSA) is 67.0 Å². The van der Waals surface area contributed by atoms with Gasteiger partial charge in [0.05, 0.1) is 0 Å². The zero-order chi connectivity index (χ0) is 15.1. The number of amides is 1. The number of aromatic nitrogens is 2. The maximum atomic E-state index is 12.3. The number of benzene rings is 1. The lowest BCUT2D eigenvalue weighted by Crippen LogP contribution is -2.24. The molecular formula is C17H19N3O2. The van der Waals surface area contributed by atoms with Crippen molar-refractivity contribution in [1.29, 1.82) is 0 Å². The number of fused-ring (bicyclic) bond motifs is 2. The molecule has 0 fully saturated rings. The van der Waals surface area contributed by atoms with Crippen LogP contribution in [-0.4, -0.2) is 22.2 Å². The minimum Gasteiger partial charge on any atom is -0.490 e. The Morgan fingerprint density at radius 2 is 2.36 bits per heavy atom. The van der Waals surface area contributed by atoms with Crippen LogP contribution in [0, 0.1) is 0 Å². The molecule has 0 unspecified atom stereocenters. The summed E-state index contributed by atoms with van der Waals surface area (Å²) < 4.78 is 5.70. The number of aromatic amines is 1. The molecule has 22 heavy (non-hydrogen) atoms. The summed E-state index contributed by atoms with van der Waals surface area (Å²) in [7, 11) is 0. The van der Waals surface area contributed by atoms with Crippen molar-refractivity contribution in [2.24, 2.45) is 0 Å². The predicted molar refractivity (Wildman–Crippen MR) is 82.0 cm³/mol. The molecule has 1 aliphatic carbocycles. The lowest BCUT2D eigenvalue weighted by molar-refractivity contribution is 0.0945. The van der Waals surface area contributed by atoms with Gasteiger partial charge >= 0.3 is 0 Å². The molecule has 4 rings (SSSR count). The molecule has 0 radical (unpaired) electrons. The van der Waals surface area contributed by atoms with Gasteiger partial charge in [-0.1, -0.05) is 12.1 Å². The van der Waals surface area contributed by atoms with Gasteiger partial charge in [0.15, 0.2) is 5.69 Å². The van der Waals surface area contributed by atoms with Crippen LogP contribution in [0.3, 0.4) is 0 Å². The van der Waals surface area contributed by atoms with Crippen molar-refractivity contribution in [3.63, 3.8) is 0 Å². The lowest BCUT2D eigenvalue weighted by atomic mass is 10.1. The van der Waals surface area contributed by atoms with Crippen molar-refractivity contribution in [3.05, 3.63) is 46.3 Å². The van der Waals surface area contributed by atoms with Crippen LogP contribution in [0.15, 0.2) is 18.2 Å². The summed E-state index contributed by atoms with van der Waals surface area (Å²) in [6.07, 6.45) is 4.23. The standard InChI is InChI=1S/C17H19N3O2/c1-10-7-12-8-11(5-6-15(12)22-10)9-18-17(21)16-13-3-2-4-14(13)19-20-16/h5-6,8,10H,2-4,7,9H2,1H3,(H,18,21)(H,19,20)/t10-/m1/s1. The summed E-state index contributed by atoms with van der Waals surface area (Å²) in [4.78, 5) is 12.3. The van der Waals surface area contributed by atoms with Crippen LogP contribution in [0.4, 0.5) is 0 Å². The van der Waals surface area contributed by atoms with E-state index < -0.39 is 0 Å². The Balaban J connectivity index is 1.44. The lowest BCUT2D eigenvalue weighted by Gasteiger charge is -2.06. The molecule has 0 bridgehead atoms. The highest BCUT2D eigenvalue weighted by Gasteiger charge is 2.23. The fourth-order valence-corrected chi connectivity index (χ4v) is 3.36. The van der Waals surface area contributed by atoms with E-state index in [0.717, 1.165) is 48.3 Å². The van der Waals surface area contributed by atoms with E-state index in [0.29, 0.717) is 12.2 Å². The van der Waals surface area contributed by atoms with E-state index in [1.54, 1.807) is 0 Å². The fraction of sp³-hybridized carbons (Fsp3) is 0.412. The Hall–Kier alpha value is -2.30. The van der Waals surface area contributed by atoms with Crippen LogP contribution in [0.25, 0.3) is 0 Å². The first-order valence-electron chi connectivity index (χ1n) is 7.83. The molecule has 2 aliphatic rings. The number of nitrogens with zero attached hydrogens (tertiary/aromatic N) is 1. The van der Waals surface area contributed by atoms with Crippen molar-refractivity contribution < 1.29 is 9.53 Å². The number of nitrogens with one attached hydrogen (secondary N) is 2. The van der Waals surface area contributed by atoms with Gasteiger partial charge in [-0.3, -0.25) is 9.89 Å². The second kappa shape index (κ2) is 5.16. The number of hydrogen-bond acceptors (Lipinski definition) is 3. The monoisotopic (exact) mass is 297 g/mol. The van der Waals surface area contributed by atoms with Crippen molar-refractivity contribution in [3.8, 4) is 5.75 Å². The maximum Gasteiger partial charge on any atom is 0.272 e. The molecule has 1 atom stereocenters. The number of rotatable bonds is 3. The minimum absolute atomic E-state index is 0.0930. The number of ether oxygens (including phenoxy) is 1. The van der Waals surface area contributed by atoms with Gasteiger partial charge < -0.3 is 10.1 Å². The van der Waals surface area contributed by atoms with Crippen molar-refractivity contribution in [1.82, 2.24) is 15.5 Å². The van der Waals surface area contributed by atoms with Crippen LogP contribution >= 0.6 is 0 Å². The summed E-state index contributed by atoms with van der Waals surface area (Å²) >= 11 is 0. The minimum atomic E-state index is -0.0930. The molecule has 2 heterocycles. The first-order chi connectivity index (χ1) is 10.7. The van der Waals surface area contributed by atoms with Crippen molar-refractivity contribution in [2.75, 3.05) is 0 Å². The SMILES string of the molecule is C[C@@H]1Cc2cc(CNC(=O)c3n[nH]c4c3CCC4)ccc2O1. The van der Waals surface area contributed by atoms with Gasteiger partial charge in [0, 0.05) is 24.2 Å². The van der Waals surface area contributed by atoms with Crippen molar-refractivity contribution >= 4 is 5.91 Å². The average molecular weight is 297 g/mol. The third kappa shape index (κ3) is 2.26. The quantitative estimate of drug-likeness (QED) is 0.912. The molecule has 114 valence electrons. The normalized spacial score (nSPS) is 18.7. The maximum absolute atomic E-state index is 12.3. The Labute approximate surface area is 129 Å². The van der Waals surface area contributed by atoms with Crippen LogP contribution in [-0.2, 0) is 25.8 Å². The molecule has 2 aromatic rings. The van der Waals surface area contributed by atoms with Gasteiger partial charge in [-0.2, -0.15) is 5.10 Å². The van der Waals surface area contributed by atoms with Gasteiger partial charge in [-0.05, 0) is 43.4 Å². The molecule has 0 spiro atoms. The molecule has 1 aromatic carbocycles. The molecule has 0 saturated carbocycles. The fourth-order valence-electron chi connectivity index (χ4n) is 3.36. The first-order valence-corrected chi connectivity index (χ1v) is 7.83. The Morgan fingerprint density at radius 1 is 1.45 bits per heavy atom. The molecule has 1 amide bonds. The molecule has 5 heteroatoms. The van der Waals surface area contributed by atoms with E-state index in [2.05, 4.69) is 28.5 Å². The summed E-state index contributed by atoms with van der Waals surface area (Å²) in [5, 5.41) is 10.1. The summed E-state index contributed by atoms with van der Waals surface area (Å²) in [6.45, 7) is 2.59. The number of H-pyrrole nitrogens is 1. The Bertz CT molecular complexity index is 736. The van der Waals surface area contributed by atoms with Gasteiger partial charge in [0.1, 0.15) is 11.9 Å². The number of hydrogen-bond donors (Lipinski definition) is 2. The van der Waals surface area contributed by atoms with E-state index in [4.69, 9.17) is 4.74 Å². The summed E-state index contributed by atoms with van der Waals surface area (Å²) in [5.41, 5.74) is 5.09. The van der Waals surface area contributed by atoms with Gasteiger partial charge in [-0.15, -0.1) is 0 Å². The van der Waals surface area contributed by atoms with Crippen molar-refractivity contribution in [2.45, 2.75) is 45.3 Å². The van der Waals surface area contributed by atoms with E-state index in [1.165, 1.54) is 5.56 Å². The molecule has 1 aromatic heterocycles. The second-order valence-electron chi connectivity index (χ2n) is 6.14. The molecule has 0 saturated heterocycles. The number of carbonyl (C=O) groups is 1. The molecule has 1 aliphatic heterocycles. The van der Waals surface area contributed by atoms with E-state index in [1.807, 2.05) is 12.1 Å². The molecule has 5 nitrogen and oxygen atoms in total. The molecule has 2 N–H and O–H groups in total. The Kier molecular flexibility index (Phi) is 3.13. The van der Waals surface area contributed by atoms with E-state index in [9.17, 15) is 4.79 Å². The zero-order valence-corrected chi connectivity index (χ0v) is 12.6. The Morgan fingerprint density at radius 3 is 3.27 bits per heavy atom. The third-order valence-electron chi connectivity index (χ3n) is 4.43. The highest BCUT2D eigenvalue weighted by atomic mass is 16.5. The first kappa shape index (κ1) is 13.4. The second-order valence-corrected chi connectivity index (χ2v) is 6.14. The number of aryl methyl sites for hydroxylation is 1. The van der Waals surface area contributed by atoms with Crippen LogP contribution in [0.5, 0.6) is 5.75 Å². The van der Waals surface area contributed by atoms with E-state index >= 15 is 0 Å². The molecular weight excluding hydrogens is 278 g/mol. The summed E-state index contributed by atoms with van der Waals surface area (Å²) in [6, 6.07) is 6.12.